The maximum atomic E-state index is 13.7. The van der Waals surface area contributed by atoms with E-state index in [2.05, 4.69) is 5.43 Å². The molecule has 0 spiro atoms. The number of carboxylic acid groups (broad SMARTS) is 1. The van der Waals surface area contributed by atoms with Gasteiger partial charge in [0.1, 0.15) is 17.0 Å². The largest absolute Gasteiger partial charge is 0.493 e. The zero-order chi connectivity index (χ0) is 28.1. The number of halogens is 3. The van der Waals surface area contributed by atoms with Crippen LogP contribution < -0.4 is 15.6 Å². The third kappa shape index (κ3) is 6.55. The molecule has 9 nitrogen and oxygen atoms in total. The van der Waals surface area contributed by atoms with Gasteiger partial charge in [-0.2, -0.15) is 13.2 Å². The Hall–Kier alpha value is -3.80. The van der Waals surface area contributed by atoms with E-state index in [-0.39, 0.29) is 18.8 Å². The average Bonchev–Trinajstić information content (AvgIpc) is 3.11. The van der Waals surface area contributed by atoms with E-state index in [0.717, 1.165) is 35.4 Å². The van der Waals surface area contributed by atoms with Crippen molar-refractivity contribution in [3.8, 4) is 5.75 Å². The zero-order valence-electron chi connectivity index (χ0n) is 21.2. The van der Waals surface area contributed by atoms with Crippen molar-refractivity contribution in [2.24, 2.45) is 0 Å². The number of rotatable bonds is 8. The molecular weight excluding hydrogens is 507 g/mol. The monoisotopic (exact) mass is 537 g/mol. The first-order valence-electron chi connectivity index (χ1n) is 11.9. The summed E-state index contributed by atoms with van der Waals surface area (Å²) in [4.78, 5) is 37.8. The molecule has 0 aliphatic carbocycles. The molecular formula is C26H30F3N3O6. The standard InChI is InChI=1S/C26H30F3N3O6/c1-24(2)32(23(35)36)25(3,16-38-24)22(34)31-30-21(33)18-12-13-20(19(15-18)26(27,28)29)37-14-8-7-11-17-9-5-4-6-10-17/h4-6,9-10,12-13,15H,7-8,11,14,16H2,1-3H3,(H,30,33)(H,31,34)(H,35,36). The van der Waals surface area contributed by atoms with E-state index in [1.165, 1.54) is 20.8 Å². The highest BCUT2D eigenvalue weighted by molar-refractivity contribution is 5.97. The Morgan fingerprint density at radius 2 is 1.74 bits per heavy atom. The van der Waals surface area contributed by atoms with Gasteiger partial charge in [-0.15, -0.1) is 0 Å². The van der Waals surface area contributed by atoms with Gasteiger partial charge in [0, 0.05) is 5.56 Å². The number of alkyl halides is 3. The highest BCUT2D eigenvalue weighted by atomic mass is 19.4. The predicted molar refractivity (Wildman–Crippen MR) is 130 cm³/mol. The molecule has 1 heterocycles. The van der Waals surface area contributed by atoms with Crippen LogP contribution in [0, 0.1) is 0 Å². The van der Waals surface area contributed by atoms with Gasteiger partial charge >= 0.3 is 12.3 Å². The van der Waals surface area contributed by atoms with Crippen LogP contribution in [-0.2, 0) is 22.1 Å². The summed E-state index contributed by atoms with van der Waals surface area (Å²) in [5.74, 6) is -2.35. The molecule has 1 unspecified atom stereocenters. The molecule has 2 aromatic rings. The second-order valence-corrected chi connectivity index (χ2v) is 9.54. The topological polar surface area (TPSA) is 117 Å². The first kappa shape index (κ1) is 28.8. The van der Waals surface area contributed by atoms with Gasteiger partial charge in [-0.3, -0.25) is 25.3 Å². The number of ether oxygens (including phenoxy) is 2. The average molecular weight is 538 g/mol. The number of aryl methyl sites for hydroxylation is 1. The lowest BCUT2D eigenvalue weighted by Crippen LogP contribution is -2.63. The van der Waals surface area contributed by atoms with E-state index in [0.29, 0.717) is 12.5 Å². The SMILES string of the molecule is CC1(C)OCC(C)(C(=O)NNC(=O)c2ccc(OCCCCc3ccccc3)c(C(F)(F)F)c2)N1C(=O)O. The molecule has 12 heteroatoms. The second kappa shape index (κ2) is 11.3. The van der Waals surface area contributed by atoms with Crippen molar-refractivity contribution in [3.63, 3.8) is 0 Å². The molecule has 3 rings (SSSR count). The number of unbranched alkanes of at least 4 members (excludes halogenated alkanes) is 1. The first-order chi connectivity index (χ1) is 17.8. The first-order valence-corrected chi connectivity index (χ1v) is 11.9. The molecule has 0 saturated carbocycles. The van der Waals surface area contributed by atoms with Gasteiger partial charge in [0.15, 0.2) is 0 Å². The normalized spacial score (nSPS) is 18.6. The van der Waals surface area contributed by atoms with Gasteiger partial charge < -0.3 is 14.6 Å². The van der Waals surface area contributed by atoms with Crippen LogP contribution in [-0.4, -0.2) is 52.4 Å². The molecule has 1 saturated heterocycles. The van der Waals surface area contributed by atoms with Crippen LogP contribution in [0.3, 0.4) is 0 Å². The Bertz CT molecular complexity index is 1170. The zero-order valence-corrected chi connectivity index (χ0v) is 21.2. The Morgan fingerprint density at radius 1 is 1.05 bits per heavy atom. The van der Waals surface area contributed by atoms with Crippen LogP contribution in [0.1, 0.15) is 55.1 Å². The Morgan fingerprint density at radius 3 is 2.37 bits per heavy atom. The van der Waals surface area contributed by atoms with Crippen LogP contribution in [0.4, 0.5) is 18.0 Å². The summed E-state index contributed by atoms with van der Waals surface area (Å²) in [6.07, 6.45) is -4.17. The fourth-order valence-corrected chi connectivity index (χ4v) is 4.25. The molecule has 2 aromatic carbocycles. The number of benzene rings is 2. The maximum absolute atomic E-state index is 13.7. The van der Waals surface area contributed by atoms with E-state index >= 15 is 0 Å². The van der Waals surface area contributed by atoms with Crippen molar-refractivity contribution < 1.29 is 42.1 Å². The lowest BCUT2D eigenvalue weighted by molar-refractivity contribution is -0.139. The summed E-state index contributed by atoms with van der Waals surface area (Å²) in [5.41, 5.74) is 0.754. The number of hydrogen-bond acceptors (Lipinski definition) is 5. The lowest BCUT2D eigenvalue weighted by Gasteiger charge is -2.36. The Balaban J connectivity index is 1.62. The third-order valence-corrected chi connectivity index (χ3v) is 6.22. The molecule has 1 aliphatic rings. The lowest BCUT2D eigenvalue weighted by atomic mass is 10.0. The molecule has 1 fully saturated rings. The molecule has 1 aliphatic heterocycles. The minimum absolute atomic E-state index is 0.0641. The molecule has 0 bridgehead atoms. The van der Waals surface area contributed by atoms with Crippen LogP contribution in [0.15, 0.2) is 48.5 Å². The minimum atomic E-state index is -4.79. The number of nitrogens with zero attached hydrogens (tertiary/aromatic N) is 1. The van der Waals surface area contributed by atoms with Gasteiger partial charge in [0.25, 0.3) is 11.8 Å². The summed E-state index contributed by atoms with van der Waals surface area (Å²) in [6.45, 7) is 4.01. The fourth-order valence-electron chi connectivity index (χ4n) is 4.25. The number of nitrogens with one attached hydrogen (secondary N) is 2. The summed E-state index contributed by atoms with van der Waals surface area (Å²) < 4.78 is 51.9. The number of hydrogen-bond donors (Lipinski definition) is 3. The number of carbonyl (C=O) groups is 3. The molecule has 0 aromatic heterocycles. The van der Waals surface area contributed by atoms with Gasteiger partial charge in [-0.25, -0.2) is 4.79 Å². The van der Waals surface area contributed by atoms with Crippen molar-refractivity contribution in [2.45, 2.75) is 57.5 Å². The van der Waals surface area contributed by atoms with Crippen LogP contribution in [0.5, 0.6) is 5.75 Å². The summed E-state index contributed by atoms with van der Waals surface area (Å²) >= 11 is 0. The predicted octanol–water partition coefficient (Wildman–Crippen LogP) is 4.37. The van der Waals surface area contributed by atoms with E-state index < -0.39 is 46.7 Å². The summed E-state index contributed by atoms with van der Waals surface area (Å²) in [5, 5.41) is 9.53. The number of amides is 3. The second-order valence-electron chi connectivity index (χ2n) is 9.54. The van der Waals surface area contributed by atoms with Gasteiger partial charge in [-0.05, 0) is 63.8 Å². The highest BCUT2D eigenvalue weighted by Gasteiger charge is 2.56. The molecule has 3 N–H and O–H groups in total. The summed E-state index contributed by atoms with van der Waals surface area (Å²) in [7, 11) is 0. The van der Waals surface area contributed by atoms with Crippen LogP contribution in [0.2, 0.25) is 0 Å². The smallest absolute Gasteiger partial charge is 0.419 e. The van der Waals surface area contributed by atoms with Gasteiger partial charge in [-0.1, -0.05) is 30.3 Å². The van der Waals surface area contributed by atoms with Crippen molar-refractivity contribution in [2.75, 3.05) is 13.2 Å². The molecule has 3 amide bonds. The Kier molecular flexibility index (Phi) is 8.55. The van der Waals surface area contributed by atoms with Crippen molar-refractivity contribution in [1.29, 1.82) is 0 Å². The minimum Gasteiger partial charge on any atom is -0.493 e. The number of hydrazine groups is 1. The maximum Gasteiger partial charge on any atom is 0.419 e. The number of carbonyl (C=O) groups excluding carboxylic acids is 2. The van der Waals surface area contributed by atoms with Gasteiger partial charge in [0.05, 0.1) is 18.8 Å². The fraction of sp³-hybridized carbons (Fsp3) is 0.423. The highest BCUT2D eigenvalue weighted by Crippen LogP contribution is 2.37. The van der Waals surface area contributed by atoms with Crippen molar-refractivity contribution in [3.05, 3.63) is 65.2 Å². The third-order valence-electron chi connectivity index (χ3n) is 6.22. The van der Waals surface area contributed by atoms with Crippen LogP contribution >= 0.6 is 0 Å². The summed E-state index contributed by atoms with van der Waals surface area (Å²) in [6, 6.07) is 12.5. The van der Waals surface area contributed by atoms with Crippen molar-refractivity contribution in [1.82, 2.24) is 15.8 Å². The van der Waals surface area contributed by atoms with Crippen molar-refractivity contribution >= 4 is 17.9 Å². The van der Waals surface area contributed by atoms with Gasteiger partial charge in [0.2, 0.25) is 0 Å². The Labute approximate surface area is 217 Å². The molecule has 206 valence electrons. The van der Waals surface area contributed by atoms with Crippen LogP contribution in [0.25, 0.3) is 0 Å². The molecule has 0 radical (unpaired) electrons. The van der Waals surface area contributed by atoms with E-state index in [1.54, 1.807) is 0 Å². The molecule has 1 atom stereocenters. The van der Waals surface area contributed by atoms with E-state index in [4.69, 9.17) is 9.47 Å². The van der Waals surface area contributed by atoms with E-state index in [9.17, 15) is 32.7 Å². The van der Waals surface area contributed by atoms with E-state index in [1.807, 2.05) is 35.8 Å². The quantitative estimate of drug-likeness (QED) is 0.340. The molecule has 38 heavy (non-hydrogen) atoms.